The van der Waals surface area contributed by atoms with Crippen LogP contribution >= 0.6 is 35.5 Å². The summed E-state index contributed by atoms with van der Waals surface area (Å²) in [6, 6.07) is 3.50. The highest BCUT2D eigenvalue weighted by molar-refractivity contribution is 14.0. The fourth-order valence-electron chi connectivity index (χ4n) is 2.91. The highest BCUT2D eigenvalue weighted by Crippen LogP contribution is 2.19. The normalized spacial score (nSPS) is 14.3. The molecule has 2 N–H and O–H groups in total. The number of halogens is 1. The van der Waals surface area contributed by atoms with Crippen molar-refractivity contribution in [2.24, 2.45) is 4.99 Å². The second kappa shape index (κ2) is 11.9. The third kappa shape index (κ3) is 6.49. The molecule has 0 aromatic carbocycles. The van der Waals surface area contributed by atoms with Crippen LogP contribution in [0, 0.1) is 0 Å². The molecule has 0 radical (unpaired) electrons. The van der Waals surface area contributed by atoms with Gasteiger partial charge >= 0.3 is 0 Å². The van der Waals surface area contributed by atoms with Gasteiger partial charge in [0.2, 0.25) is 5.13 Å². The summed E-state index contributed by atoms with van der Waals surface area (Å²) < 4.78 is 4.37. The summed E-state index contributed by atoms with van der Waals surface area (Å²) in [5.41, 5.74) is 0.561. The zero-order valence-electron chi connectivity index (χ0n) is 16.7. The highest BCUT2D eigenvalue weighted by Gasteiger charge is 2.21. The van der Waals surface area contributed by atoms with E-state index < -0.39 is 0 Å². The number of aryl methyl sites for hydroxylation is 1. The Balaban J connectivity index is 0.00000300. The molecular formula is C18H27IN8OS. The average Bonchev–Trinajstić information content (AvgIpc) is 3.24. The van der Waals surface area contributed by atoms with Crippen molar-refractivity contribution in [3.05, 3.63) is 35.9 Å². The van der Waals surface area contributed by atoms with Gasteiger partial charge in [0.15, 0.2) is 5.96 Å². The van der Waals surface area contributed by atoms with Crippen molar-refractivity contribution in [1.82, 2.24) is 29.9 Å². The van der Waals surface area contributed by atoms with E-state index in [4.69, 9.17) is 0 Å². The molecule has 1 saturated heterocycles. The molecule has 9 nitrogen and oxygen atoms in total. The summed E-state index contributed by atoms with van der Waals surface area (Å²) in [4.78, 5) is 29.4. The van der Waals surface area contributed by atoms with Crippen LogP contribution in [0.3, 0.4) is 0 Å². The Hall–Kier alpha value is -2.02. The predicted molar refractivity (Wildman–Crippen MR) is 126 cm³/mol. The molecule has 1 amide bonds. The van der Waals surface area contributed by atoms with E-state index in [1.807, 2.05) is 0 Å². The molecule has 0 saturated carbocycles. The molecule has 29 heavy (non-hydrogen) atoms. The largest absolute Gasteiger partial charge is 0.354 e. The van der Waals surface area contributed by atoms with E-state index in [0.29, 0.717) is 18.7 Å². The van der Waals surface area contributed by atoms with Crippen LogP contribution in [-0.4, -0.2) is 77.4 Å². The molecule has 3 rings (SSSR count). The Morgan fingerprint density at radius 2 is 2.00 bits per heavy atom. The first kappa shape index (κ1) is 23.3. The number of amides is 1. The van der Waals surface area contributed by atoms with Crippen LogP contribution in [0.5, 0.6) is 0 Å². The van der Waals surface area contributed by atoms with E-state index in [2.05, 4.69) is 46.7 Å². The van der Waals surface area contributed by atoms with Crippen LogP contribution in [-0.2, 0) is 6.42 Å². The Kier molecular flexibility index (Phi) is 9.51. The van der Waals surface area contributed by atoms with Gasteiger partial charge in [-0.05, 0) is 12.1 Å². The smallest absolute Gasteiger partial charge is 0.252 e. The van der Waals surface area contributed by atoms with E-state index >= 15 is 0 Å². The van der Waals surface area contributed by atoms with Crippen LogP contribution < -0.4 is 15.5 Å². The molecule has 0 spiro atoms. The maximum Gasteiger partial charge on any atom is 0.252 e. The molecule has 158 valence electrons. The summed E-state index contributed by atoms with van der Waals surface area (Å²) in [5, 5.41) is 7.19. The maximum atomic E-state index is 12.0. The predicted octanol–water partition coefficient (Wildman–Crippen LogP) is 1.24. The van der Waals surface area contributed by atoms with Gasteiger partial charge in [0, 0.05) is 76.7 Å². The number of hydrogen-bond donors (Lipinski definition) is 2. The first-order chi connectivity index (χ1) is 13.7. The minimum atomic E-state index is -0.123. The first-order valence-electron chi connectivity index (χ1n) is 9.42. The number of pyridine rings is 1. The van der Waals surface area contributed by atoms with Crippen molar-refractivity contribution in [3.8, 4) is 0 Å². The Morgan fingerprint density at radius 3 is 2.62 bits per heavy atom. The van der Waals surface area contributed by atoms with Gasteiger partial charge in [0.05, 0.1) is 5.56 Å². The number of hydrogen-bond acceptors (Lipinski definition) is 7. The number of carbonyl (C=O) groups excluding carboxylic acids is 1. The molecule has 3 heterocycles. The number of nitrogens with zero attached hydrogens (tertiary/aromatic N) is 6. The van der Waals surface area contributed by atoms with Gasteiger partial charge in [-0.2, -0.15) is 4.37 Å². The molecule has 0 aliphatic carbocycles. The standard InChI is InChI=1S/C18H26N8OS.HI/c1-3-15-23-18(28-24-15)26-11-9-25(10-12-26)17(19-2)22-8-7-21-16(27)14-5-4-6-20-13-14;/h4-6,13H,3,7-12H2,1-2H3,(H,19,22)(H,21,27);1H. The van der Waals surface area contributed by atoms with Crippen molar-refractivity contribution in [2.75, 3.05) is 51.2 Å². The van der Waals surface area contributed by atoms with Gasteiger partial charge in [-0.3, -0.25) is 14.8 Å². The van der Waals surface area contributed by atoms with Crippen LogP contribution in [0.4, 0.5) is 5.13 Å². The van der Waals surface area contributed by atoms with Crippen molar-refractivity contribution in [2.45, 2.75) is 13.3 Å². The Bertz CT molecular complexity index is 792. The number of aromatic nitrogens is 3. The molecule has 1 aliphatic heterocycles. The molecular weight excluding hydrogens is 503 g/mol. The Labute approximate surface area is 192 Å². The fraction of sp³-hybridized carbons (Fsp3) is 0.500. The molecule has 0 atom stereocenters. The lowest BCUT2D eigenvalue weighted by Crippen LogP contribution is -2.53. The number of nitrogens with one attached hydrogen (secondary N) is 2. The monoisotopic (exact) mass is 530 g/mol. The van der Waals surface area contributed by atoms with Gasteiger partial charge in [-0.25, -0.2) is 4.98 Å². The Morgan fingerprint density at radius 1 is 1.24 bits per heavy atom. The van der Waals surface area contributed by atoms with Gasteiger partial charge in [-0.1, -0.05) is 6.92 Å². The van der Waals surface area contributed by atoms with Crippen molar-refractivity contribution >= 4 is 52.5 Å². The molecule has 2 aromatic rings. The maximum absolute atomic E-state index is 12.0. The van der Waals surface area contributed by atoms with Crippen molar-refractivity contribution < 1.29 is 4.79 Å². The SMILES string of the molecule is CCc1nsc(N2CCN(C(=NC)NCCNC(=O)c3cccnc3)CC2)n1.I. The van der Waals surface area contributed by atoms with Crippen molar-refractivity contribution in [3.63, 3.8) is 0 Å². The quantitative estimate of drug-likeness (QED) is 0.251. The van der Waals surface area contributed by atoms with Gasteiger partial charge in [-0.15, -0.1) is 24.0 Å². The van der Waals surface area contributed by atoms with E-state index in [0.717, 1.165) is 49.5 Å². The molecule has 0 unspecified atom stereocenters. The van der Waals surface area contributed by atoms with Crippen LogP contribution in [0.15, 0.2) is 29.5 Å². The minimum absolute atomic E-state index is 0. The third-order valence-corrected chi connectivity index (χ3v) is 5.27. The lowest BCUT2D eigenvalue weighted by Gasteiger charge is -2.36. The summed E-state index contributed by atoms with van der Waals surface area (Å²) in [6.07, 6.45) is 4.07. The van der Waals surface area contributed by atoms with Crippen LogP contribution in [0.1, 0.15) is 23.1 Å². The number of piperazine rings is 1. The number of anilines is 1. The van der Waals surface area contributed by atoms with Gasteiger partial charge in [0.1, 0.15) is 5.82 Å². The number of aliphatic imine (C=N–C) groups is 1. The summed E-state index contributed by atoms with van der Waals surface area (Å²) in [6.45, 7) is 6.68. The van der Waals surface area contributed by atoms with Crippen LogP contribution in [0.2, 0.25) is 0 Å². The second-order valence-corrected chi connectivity index (χ2v) is 7.02. The summed E-state index contributed by atoms with van der Waals surface area (Å²) in [7, 11) is 1.78. The topological polar surface area (TPSA) is 98.6 Å². The number of carbonyl (C=O) groups is 1. The molecule has 0 bridgehead atoms. The minimum Gasteiger partial charge on any atom is -0.354 e. The molecule has 1 aliphatic rings. The highest BCUT2D eigenvalue weighted by atomic mass is 127. The van der Waals surface area contributed by atoms with E-state index in [9.17, 15) is 4.79 Å². The lowest BCUT2D eigenvalue weighted by molar-refractivity contribution is 0.0954. The summed E-state index contributed by atoms with van der Waals surface area (Å²) in [5.74, 6) is 1.64. The molecule has 1 fully saturated rings. The number of guanidine groups is 1. The number of rotatable bonds is 6. The zero-order valence-corrected chi connectivity index (χ0v) is 19.8. The van der Waals surface area contributed by atoms with E-state index in [-0.39, 0.29) is 29.9 Å². The van der Waals surface area contributed by atoms with E-state index in [1.165, 1.54) is 11.5 Å². The van der Waals surface area contributed by atoms with E-state index in [1.54, 1.807) is 31.6 Å². The molecule has 2 aromatic heterocycles. The average molecular weight is 530 g/mol. The van der Waals surface area contributed by atoms with Crippen LogP contribution in [0.25, 0.3) is 0 Å². The fourth-order valence-corrected chi connectivity index (χ4v) is 3.71. The van der Waals surface area contributed by atoms with Gasteiger partial charge < -0.3 is 20.4 Å². The summed E-state index contributed by atoms with van der Waals surface area (Å²) >= 11 is 1.47. The first-order valence-corrected chi connectivity index (χ1v) is 10.2. The third-order valence-electron chi connectivity index (χ3n) is 4.45. The van der Waals surface area contributed by atoms with Gasteiger partial charge in [0.25, 0.3) is 5.91 Å². The lowest BCUT2D eigenvalue weighted by atomic mass is 10.3. The van der Waals surface area contributed by atoms with Crippen molar-refractivity contribution in [1.29, 1.82) is 0 Å². The zero-order chi connectivity index (χ0) is 19.8. The molecule has 11 heteroatoms. The second-order valence-electron chi connectivity index (χ2n) is 6.29.